The number of hydrogen-bond acceptors (Lipinski definition) is 13. The van der Waals surface area contributed by atoms with Gasteiger partial charge in [0, 0.05) is 28.4 Å². The standard InChI is InChI=1S/C7H15O7P.C6H10O3.CH5O4P/c1-12-5-6(9)7(3-4-8)14-15(10,11)13-2;1-9-5-6(8)3-2-4-7;1-5-6(2,3)4/h3-4,6-9H,5H2,1-2H3,(H,10,11);2-4,6,8H,5H2,1H3;1H3,(H2,2,3,4)/p-3/b4-3+;3-2-;. The highest BCUT2D eigenvalue weighted by Crippen LogP contribution is 2.39. The summed E-state index contributed by atoms with van der Waals surface area (Å²) >= 11 is 0. The van der Waals surface area contributed by atoms with Crippen LogP contribution in [0.4, 0.5) is 0 Å². The normalized spacial score (nSPS) is 18.2. The van der Waals surface area contributed by atoms with Gasteiger partial charge in [-0.1, -0.05) is 12.2 Å². The number of phosphoric ester groups is 2. The number of allylic oxidation sites excluding steroid dienone is 1. The lowest BCUT2D eigenvalue weighted by Crippen LogP contribution is -2.32. The third-order valence-corrected chi connectivity index (χ3v) is 3.85. The minimum Gasteiger partial charge on any atom is -0.878 e. The Hall–Kier alpha value is -0.990. The van der Waals surface area contributed by atoms with E-state index in [1.54, 1.807) is 0 Å². The summed E-state index contributed by atoms with van der Waals surface area (Å²) in [5.41, 5.74) is 0. The smallest absolute Gasteiger partial charge is 0.268 e. The molecule has 0 heterocycles. The van der Waals surface area contributed by atoms with Crippen LogP contribution in [0.1, 0.15) is 0 Å². The number of aldehydes is 1. The molecule has 0 rings (SSSR count). The number of ether oxygens (including phenoxy) is 2. The molecule has 0 saturated carbocycles. The van der Waals surface area contributed by atoms with Crippen LogP contribution in [-0.4, -0.2) is 81.4 Å². The fourth-order valence-corrected chi connectivity index (χ4v) is 1.76. The van der Waals surface area contributed by atoms with E-state index in [9.17, 15) is 33.9 Å². The first-order chi connectivity index (χ1) is 13.8. The fraction of sp³-hybridized carbons (Fsp3) is 0.643. The summed E-state index contributed by atoms with van der Waals surface area (Å²) in [7, 11) is -4.30. The van der Waals surface area contributed by atoms with Crippen molar-refractivity contribution in [3.05, 3.63) is 24.5 Å². The Kier molecular flexibility index (Phi) is 22.4. The summed E-state index contributed by atoms with van der Waals surface area (Å²) < 4.78 is 41.3. The van der Waals surface area contributed by atoms with Crippen LogP contribution in [0.25, 0.3) is 0 Å². The molecular formula is C14H27O14P2-3. The lowest BCUT2D eigenvalue weighted by Gasteiger charge is -2.28. The topological polar surface area (TPSA) is 227 Å². The molecule has 0 saturated heterocycles. The molecule has 0 aliphatic heterocycles. The van der Waals surface area contributed by atoms with Gasteiger partial charge in [-0.05, 0) is 6.08 Å². The molecule has 0 spiro atoms. The average molecular weight is 481 g/mol. The summed E-state index contributed by atoms with van der Waals surface area (Å²) in [5, 5.41) is 28.3. The zero-order chi connectivity index (χ0) is 24.2. The maximum Gasteiger partial charge on any atom is 0.268 e. The summed E-state index contributed by atoms with van der Waals surface area (Å²) in [6.07, 6.45) is 1.15. The summed E-state index contributed by atoms with van der Waals surface area (Å²) in [6, 6.07) is 0. The number of methoxy groups -OCH3 is 2. The summed E-state index contributed by atoms with van der Waals surface area (Å²) in [5.74, 6) is 0. The highest BCUT2D eigenvalue weighted by atomic mass is 31.2. The maximum atomic E-state index is 10.9. The number of phosphoric acid groups is 2. The van der Waals surface area contributed by atoms with Crippen LogP contribution < -0.4 is 14.9 Å². The zero-order valence-electron chi connectivity index (χ0n) is 16.8. The van der Waals surface area contributed by atoms with Gasteiger partial charge in [0.1, 0.15) is 18.5 Å². The second kappa shape index (κ2) is 19.9. The van der Waals surface area contributed by atoms with E-state index >= 15 is 0 Å². The van der Waals surface area contributed by atoms with Gasteiger partial charge in [-0.3, -0.25) is 13.9 Å². The second-order valence-corrected chi connectivity index (χ2v) is 7.52. The monoisotopic (exact) mass is 481 g/mol. The molecule has 14 nitrogen and oxygen atoms in total. The van der Waals surface area contributed by atoms with Crippen LogP contribution in [0.2, 0.25) is 0 Å². The van der Waals surface area contributed by atoms with Crippen molar-refractivity contribution in [3.8, 4) is 0 Å². The first-order valence-corrected chi connectivity index (χ1v) is 10.7. The average Bonchev–Trinajstić information content (AvgIpc) is 2.67. The minimum absolute atomic E-state index is 0.168. The lowest BCUT2D eigenvalue weighted by molar-refractivity contribution is -0.276. The van der Waals surface area contributed by atoms with Crippen LogP contribution in [-0.2, 0) is 37.0 Å². The molecule has 0 radical (unpaired) electrons. The van der Waals surface area contributed by atoms with E-state index < -0.39 is 34.0 Å². The van der Waals surface area contributed by atoms with Crippen molar-refractivity contribution in [2.45, 2.75) is 18.3 Å². The SMILES string of the molecule is COCC(O)/C=C\C=O.COCC(O)C(/C=C/[O-])OP(=O)([O-])OC.COP(=O)([O-])O. The Morgan fingerprint density at radius 2 is 1.47 bits per heavy atom. The Labute approximate surface area is 174 Å². The molecule has 180 valence electrons. The fourth-order valence-electron chi connectivity index (χ4n) is 1.17. The first kappa shape index (κ1) is 33.6. The van der Waals surface area contributed by atoms with Crippen molar-refractivity contribution >= 4 is 21.9 Å². The van der Waals surface area contributed by atoms with Gasteiger partial charge in [0.15, 0.2) is 0 Å². The van der Waals surface area contributed by atoms with E-state index in [-0.39, 0.29) is 13.2 Å². The van der Waals surface area contributed by atoms with Gasteiger partial charge < -0.3 is 53.0 Å². The van der Waals surface area contributed by atoms with Gasteiger partial charge >= 0.3 is 0 Å². The molecule has 0 aromatic carbocycles. The van der Waals surface area contributed by atoms with E-state index in [1.807, 2.05) is 0 Å². The van der Waals surface area contributed by atoms with Crippen molar-refractivity contribution in [2.24, 2.45) is 0 Å². The van der Waals surface area contributed by atoms with Gasteiger partial charge in [-0.25, -0.2) is 0 Å². The van der Waals surface area contributed by atoms with Gasteiger partial charge in [0.05, 0.1) is 19.3 Å². The van der Waals surface area contributed by atoms with Crippen LogP contribution in [0.3, 0.4) is 0 Å². The highest BCUT2D eigenvalue weighted by molar-refractivity contribution is 7.45. The van der Waals surface area contributed by atoms with Crippen LogP contribution >= 0.6 is 15.6 Å². The molecule has 3 N–H and O–H groups in total. The Balaban J connectivity index is -0.000000411. The second-order valence-electron chi connectivity index (χ2n) is 4.75. The molecular weight excluding hydrogens is 454 g/mol. The molecule has 0 aliphatic rings. The van der Waals surface area contributed by atoms with Gasteiger partial charge in [-0.2, -0.15) is 6.26 Å². The summed E-state index contributed by atoms with van der Waals surface area (Å²) in [6.45, 7) is 0.0586. The molecule has 0 aliphatic carbocycles. The Bertz CT molecular complexity index is 561. The lowest BCUT2D eigenvalue weighted by atomic mass is 10.2. The quantitative estimate of drug-likeness (QED) is 0.111. The van der Waals surface area contributed by atoms with E-state index in [4.69, 9.17) is 10.00 Å². The van der Waals surface area contributed by atoms with Gasteiger partial charge in [0.2, 0.25) is 0 Å². The van der Waals surface area contributed by atoms with Crippen molar-refractivity contribution in [3.63, 3.8) is 0 Å². The number of carbonyl (C=O) groups is 1. The van der Waals surface area contributed by atoms with E-state index in [0.29, 0.717) is 12.5 Å². The molecule has 16 heteroatoms. The van der Waals surface area contributed by atoms with Crippen LogP contribution in [0.5, 0.6) is 0 Å². The number of aliphatic hydroxyl groups is 2. The maximum absolute atomic E-state index is 10.9. The number of carbonyl (C=O) groups excluding carboxylic acids is 1. The van der Waals surface area contributed by atoms with Gasteiger partial charge in [0.25, 0.3) is 15.6 Å². The van der Waals surface area contributed by atoms with Crippen molar-refractivity contribution in [2.75, 3.05) is 41.7 Å². The molecule has 0 fully saturated rings. The summed E-state index contributed by atoms with van der Waals surface area (Å²) in [4.78, 5) is 37.5. The highest BCUT2D eigenvalue weighted by Gasteiger charge is 2.21. The zero-order valence-corrected chi connectivity index (χ0v) is 18.5. The van der Waals surface area contributed by atoms with Crippen LogP contribution in [0, 0.1) is 0 Å². The molecule has 30 heavy (non-hydrogen) atoms. The molecule has 0 bridgehead atoms. The first-order valence-electron chi connectivity index (χ1n) is 7.73. The third-order valence-electron chi connectivity index (χ3n) is 2.44. The van der Waals surface area contributed by atoms with E-state index in [0.717, 1.165) is 20.3 Å². The third kappa shape index (κ3) is 25.0. The number of aliphatic hydroxyl groups excluding tert-OH is 2. The predicted molar refractivity (Wildman–Crippen MR) is 96.4 cm³/mol. The van der Waals surface area contributed by atoms with E-state index in [2.05, 4.69) is 23.0 Å². The Morgan fingerprint density at radius 3 is 1.80 bits per heavy atom. The van der Waals surface area contributed by atoms with E-state index in [1.165, 1.54) is 26.4 Å². The predicted octanol–water partition coefficient (Wildman–Crippen LogP) is -2.79. The molecule has 5 atom stereocenters. The molecule has 0 aromatic rings. The molecule has 0 amide bonds. The van der Waals surface area contributed by atoms with Gasteiger partial charge in [-0.15, -0.1) is 0 Å². The Morgan fingerprint density at radius 1 is 0.967 bits per heavy atom. The largest absolute Gasteiger partial charge is 0.878 e. The van der Waals surface area contributed by atoms with Crippen molar-refractivity contribution < 1.29 is 67.0 Å². The van der Waals surface area contributed by atoms with Crippen LogP contribution in [0.15, 0.2) is 24.5 Å². The van der Waals surface area contributed by atoms with Crippen molar-refractivity contribution in [1.82, 2.24) is 0 Å². The molecule has 0 aromatic heterocycles. The molecule has 5 unspecified atom stereocenters. The number of hydrogen-bond donors (Lipinski definition) is 3. The number of rotatable bonds is 12. The minimum atomic E-state index is -4.49. The van der Waals surface area contributed by atoms with Crippen molar-refractivity contribution in [1.29, 1.82) is 0 Å².